The number of aryl methyl sites for hydroxylation is 1. The van der Waals surface area contributed by atoms with Crippen molar-refractivity contribution < 1.29 is 8.42 Å². The van der Waals surface area contributed by atoms with E-state index in [1.165, 1.54) is 0 Å². The van der Waals surface area contributed by atoms with Crippen molar-refractivity contribution in [2.24, 2.45) is 0 Å². The molecule has 4 nitrogen and oxygen atoms in total. The predicted molar refractivity (Wildman–Crippen MR) is 83.8 cm³/mol. The van der Waals surface area contributed by atoms with Gasteiger partial charge in [0.25, 0.3) is 0 Å². The number of anilines is 1. The van der Waals surface area contributed by atoms with Crippen molar-refractivity contribution >= 4 is 38.2 Å². The van der Waals surface area contributed by atoms with Crippen LogP contribution in [0.2, 0.25) is 0 Å². The summed E-state index contributed by atoms with van der Waals surface area (Å²) in [7, 11) is -3.36. The number of benzene rings is 1. The van der Waals surface area contributed by atoms with Crippen LogP contribution < -0.4 is 4.72 Å². The van der Waals surface area contributed by atoms with E-state index in [0.717, 1.165) is 11.1 Å². The largest absolute Gasteiger partial charge is 0.281 e. The number of pyridine rings is 1. The number of halogens is 1. The Balaban J connectivity index is 2.27. The number of sulfonamides is 1. The molecule has 1 heterocycles. The molecule has 1 aromatic carbocycles. The smallest absolute Gasteiger partial charge is 0.232 e. The zero-order chi connectivity index (χ0) is 14.6. The van der Waals surface area contributed by atoms with Crippen LogP contribution in [-0.4, -0.2) is 25.0 Å². The molecule has 0 aliphatic rings. The summed E-state index contributed by atoms with van der Waals surface area (Å²) in [4.78, 5) is 4.41. The maximum Gasteiger partial charge on any atom is 0.232 e. The zero-order valence-electron chi connectivity index (χ0n) is 11.3. The molecule has 0 amide bonds. The number of rotatable bonds is 6. The van der Waals surface area contributed by atoms with E-state index in [-0.39, 0.29) is 5.75 Å². The van der Waals surface area contributed by atoms with Crippen LogP contribution in [0.15, 0.2) is 30.3 Å². The van der Waals surface area contributed by atoms with Crippen LogP contribution in [0.1, 0.15) is 18.5 Å². The van der Waals surface area contributed by atoms with Crippen LogP contribution in [0.25, 0.3) is 10.9 Å². The maximum absolute atomic E-state index is 12.0. The molecule has 0 bridgehead atoms. The summed E-state index contributed by atoms with van der Waals surface area (Å²) in [6.07, 6.45) is 1.24. The Morgan fingerprint density at radius 3 is 2.75 bits per heavy atom. The van der Waals surface area contributed by atoms with Gasteiger partial charge in [-0.15, -0.1) is 11.6 Å². The average Bonchev–Trinajstić information content (AvgIpc) is 2.39. The average molecular weight is 313 g/mol. The first-order valence-electron chi connectivity index (χ1n) is 6.45. The van der Waals surface area contributed by atoms with Crippen LogP contribution in [0.3, 0.4) is 0 Å². The van der Waals surface area contributed by atoms with E-state index < -0.39 is 10.0 Å². The van der Waals surface area contributed by atoms with E-state index in [1.54, 1.807) is 6.07 Å². The van der Waals surface area contributed by atoms with E-state index >= 15 is 0 Å². The number of alkyl halides is 1. The highest BCUT2D eigenvalue weighted by molar-refractivity contribution is 7.92. The summed E-state index contributed by atoms with van der Waals surface area (Å²) < 4.78 is 26.7. The van der Waals surface area contributed by atoms with Crippen molar-refractivity contribution in [2.45, 2.75) is 19.8 Å². The highest BCUT2D eigenvalue weighted by Crippen LogP contribution is 2.22. The fourth-order valence-corrected chi connectivity index (χ4v) is 3.31. The number of nitrogens with one attached hydrogen (secondary N) is 1. The van der Waals surface area contributed by atoms with Crippen LogP contribution in [0.5, 0.6) is 0 Å². The Kier molecular flexibility index (Phi) is 4.83. The summed E-state index contributed by atoms with van der Waals surface area (Å²) in [5.74, 6) is 0.548. The monoisotopic (exact) mass is 312 g/mol. The minimum absolute atomic E-state index is 0.0714. The predicted octanol–water partition coefficient (Wildman–Crippen LogP) is 3.30. The second-order valence-corrected chi connectivity index (χ2v) is 6.87. The van der Waals surface area contributed by atoms with E-state index in [0.29, 0.717) is 29.9 Å². The molecule has 1 aromatic heterocycles. The fourth-order valence-electron chi connectivity index (χ4n) is 1.93. The molecule has 0 atom stereocenters. The summed E-state index contributed by atoms with van der Waals surface area (Å²) in [5, 5.41) is 0.913. The van der Waals surface area contributed by atoms with Gasteiger partial charge in [-0.05, 0) is 31.9 Å². The molecule has 108 valence electrons. The number of hydrogen-bond donors (Lipinski definition) is 1. The highest BCUT2D eigenvalue weighted by Gasteiger charge is 2.12. The minimum Gasteiger partial charge on any atom is -0.281 e. The normalized spacial score (nSPS) is 11.7. The number of hydrogen-bond acceptors (Lipinski definition) is 3. The lowest BCUT2D eigenvalue weighted by atomic mass is 10.2. The highest BCUT2D eigenvalue weighted by atomic mass is 35.5. The van der Waals surface area contributed by atoms with Crippen LogP contribution in [-0.2, 0) is 10.0 Å². The van der Waals surface area contributed by atoms with Gasteiger partial charge >= 0.3 is 0 Å². The first-order chi connectivity index (χ1) is 9.52. The lowest BCUT2D eigenvalue weighted by Crippen LogP contribution is -2.17. The van der Waals surface area contributed by atoms with Crippen molar-refractivity contribution in [2.75, 3.05) is 16.4 Å². The number of nitrogens with zero attached hydrogens (tertiary/aromatic N) is 1. The second kappa shape index (κ2) is 6.41. The molecule has 20 heavy (non-hydrogen) atoms. The van der Waals surface area contributed by atoms with Gasteiger partial charge in [0.15, 0.2) is 0 Å². The molecule has 0 aliphatic carbocycles. The van der Waals surface area contributed by atoms with Crippen molar-refractivity contribution in [3.05, 3.63) is 36.0 Å². The maximum atomic E-state index is 12.0. The summed E-state index contributed by atoms with van der Waals surface area (Å²) in [5.41, 5.74) is 2.05. The first kappa shape index (κ1) is 15.1. The molecular weight excluding hydrogens is 296 g/mol. The summed E-state index contributed by atoms with van der Waals surface area (Å²) >= 11 is 5.56. The Hall–Kier alpha value is -1.33. The van der Waals surface area contributed by atoms with Gasteiger partial charge in [-0.3, -0.25) is 9.71 Å². The fraction of sp³-hybridized carbons (Fsp3) is 0.357. The Morgan fingerprint density at radius 2 is 2.00 bits per heavy atom. The molecular formula is C14H17ClN2O2S. The lowest BCUT2D eigenvalue weighted by Gasteiger charge is -2.10. The van der Waals surface area contributed by atoms with E-state index in [9.17, 15) is 8.42 Å². The van der Waals surface area contributed by atoms with Gasteiger partial charge in [-0.2, -0.15) is 0 Å². The standard InChI is InChI=1S/C14H17ClN2O2S/c1-11-7-8-12-5-4-6-13(14(12)16-11)17-20(18,19)10-3-2-9-15/h4-8,17H,2-3,9-10H2,1H3. The van der Waals surface area contributed by atoms with Crippen molar-refractivity contribution in [3.63, 3.8) is 0 Å². The second-order valence-electron chi connectivity index (χ2n) is 4.65. The Morgan fingerprint density at radius 1 is 1.20 bits per heavy atom. The van der Waals surface area contributed by atoms with Gasteiger partial charge in [0, 0.05) is 17.0 Å². The van der Waals surface area contributed by atoms with Gasteiger partial charge in [-0.1, -0.05) is 18.2 Å². The molecule has 0 aliphatic heterocycles. The molecule has 0 saturated heterocycles. The van der Waals surface area contributed by atoms with Gasteiger partial charge in [0.2, 0.25) is 10.0 Å². The molecule has 0 unspecified atom stereocenters. The molecule has 2 rings (SSSR count). The van der Waals surface area contributed by atoms with Crippen molar-refractivity contribution in [3.8, 4) is 0 Å². The molecule has 0 saturated carbocycles. The summed E-state index contributed by atoms with van der Waals surface area (Å²) in [6.45, 7) is 1.88. The third kappa shape index (κ3) is 3.84. The summed E-state index contributed by atoms with van der Waals surface area (Å²) in [6, 6.07) is 9.29. The van der Waals surface area contributed by atoms with Gasteiger partial charge < -0.3 is 0 Å². The molecule has 2 aromatic rings. The Labute approximate surface area is 124 Å². The SMILES string of the molecule is Cc1ccc2cccc(NS(=O)(=O)CCCCCl)c2n1. The van der Waals surface area contributed by atoms with Gasteiger partial charge in [0.1, 0.15) is 0 Å². The molecule has 0 fully saturated rings. The number of unbranched alkanes of at least 4 members (excludes halogenated alkanes) is 1. The van der Waals surface area contributed by atoms with Crippen molar-refractivity contribution in [1.82, 2.24) is 4.98 Å². The number of para-hydroxylation sites is 1. The third-order valence-corrected chi connectivity index (χ3v) is 4.55. The number of aromatic nitrogens is 1. The first-order valence-corrected chi connectivity index (χ1v) is 8.63. The quantitative estimate of drug-likeness (QED) is 0.657. The molecule has 6 heteroatoms. The van der Waals surface area contributed by atoms with Gasteiger partial charge in [0.05, 0.1) is 17.0 Å². The Bertz CT molecular complexity index is 701. The van der Waals surface area contributed by atoms with Crippen molar-refractivity contribution in [1.29, 1.82) is 0 Å². The van der Waals surface area contributed by atoms with Crippen LogP contribution >= 0.6 is 11.6 Å². The minimum atomic E-state index is -3.36. The molecule has 0 spiro atoms. The topological polar surface area (TPSA) is 59.1 Å². The lowest BCUT2D eigenvalue weighted by molar-refractivity contribution is 0.598. The molecule has 1 N–H and O–H groups in total. The van der Waals surface area contributed by atoms with Crippen LogP contribution in [0, 0.1) is 6.92 Å². The zero-order valence-corrected chi connectivity index (χ0v) is 12.8. The third-order valence-electron chi connectivity index (χ3n) is 2.92. The van der Waals surface area contributed by atoms with Crippen LogP contribution in [0.4, 0.5) is 5.69 Å². The van der Waals surface area contributed by atoms with E-state index in [4.69, 9.17) is 11.6 Å². The van der Waals surface area contributed by atoms with Gasteiger partial charge in [-0.25, -0.2) is 8.42 Å². The molecule has 0 radical (unpaired) electrons. The van der Waals surface area contributed by atoms with E-state index in [1.807, 2.05) is 31.2 Å². The van der Waals surface area contributed by atoms with E-state index in [2.05, 4.69) is 9.71 Å². The number of fused-ring (bicyclic) bond motifs is 1.